The summed E-state index contributed by atoms with van der Waals surface area (Å²) in [4.78, 5) is 35.4. The summed E-state index contributed by atoms with van der Waals surface area (Å²) in [6.45, 7) is 2.53. The van der Waals surface area contributed by atoms with E-state index < -0.39 is 10.9 Å². The number of carboxylic acids is 1. The predicted octanol–water partition coefficient (Wildman–Crippen LogP) is 2.04. The van der Waals surface area contributed by atoms with Gasteiger partial charge in [-0.15, -0.1) is 0 Å². The topological polar surface area (TPSA) is 128 Å². The Labute approximate surface area is 160 Å². The van der Waals surface area contributed by atoms with Gasteiger partial charge in [0.2, 0.25) is 0 Å². The third-order valence-corrected chi connectivity index (χ3v) is 4.83. The SMILES string of the molecule is Cc1c(C(=O)O)cnn1C1CCN(C(=O)COc2cccc([N+](=O)[O-])c2)CC1. The van der Waals surface area contributed by atoms with Crippen molar-refractivity contribution in [3.05, 3.63) is 51.8 Å². The van der Waals surface area contributed by atoms with Crippen LogP contribution in [0, 0.1) is 17.0 Å². The molecule has 1 aromatic carbocycles. The number of amides is 1. The second-order valence-electron chi connectivity index (χ2n) is 6.55. The van der Waals surface area contributed by atoms with Crippen LogP contribution in [0.2, 0.25) is 0 Å². The average molecular weight is 388 g/mol. The Hall–Kier alpha value is -3.43. The Bertz CT molecular complexity index is 901. The fourth-order valence-corrected chi connectivity index (χ4v) is 3.28. The number of carboxylic acid groups (broad SMARTS) is 1. The molecular formula is C18H20N4O6. The van der Waals surface area contributed by atoms with E-state index in [0.717, 1.165) is 0 Å². The van der Waals surface area contributed by atoms with Crippen molar-refractivity contribution in [2.24, 2.45) is 0 Å². The van der Waals surface area contributed by atoms with E-state index in [2.05, 4.69) is 5.10 Å². The van der Waals surface area contributed by atoms with Crippen LogP contribution in [0.5, 0.6) is 5.75 Å². The van der Waals surface area contributed by atoms with E-state index in [-0.39, 0.29) is 35.6 Å². The van der Waals surface area contributed by atoms with Crippen LogP contribution in [-0.2, 0) is 4.79 Å². The maximum Gasteiger partial charge on any atom is 0.339 e. The molecule has 1 amide bonds. The van der Waals surface area contributed by atoms with Gasteiger partial charge < -0.3 is 14.7 Å². The average Bonchev–Trinajstić information content (AvgIpc) is 3.08. The number of benzene rings is 1. The summed E-state index contributed by atoms with van der Waals surface area (Å²) in [7, 11) is 0. The quantitative estimate of drug-likeness (QED) is 0.592. The van der Waals surface area contributed by atoms with Gasteiger partial charge in [0.25, 0.3) is 11.6 Å². The highest BCUT2D eigenvalue weighted by Crippen LogP contribution is 2.25. The molecule has 0 atom stereocenters. The van der Waals surface area contributed by atoms with Crippen LogP contribution in [0.25, 0.3) is 0 Å². The van der Waals surface area contributed by atoms with E-state index in [1.165, 1.54) is 24.4 Å². The third kappa shape index (κ3) is 4.11. The maximum absolute atomic E-state index is 12.4. The molecular weight excluding hydrogens is 368 g/mol. The van der Waals surface area contributed by atoms with Crippen molar-refractivity contribution in [1.29, 1.82) is 0 Å². The van der Waals surface area contributed by atoms with Gasteiger partial charge in [0.1, 0.15) is 11.3 Å². The first-order chi connectivity index (χ1) is 13.4. The monoisotopic (exact) mass is 388 g/mol. The van der Waals surface area contributed by atoms with Gasteiger partial charge in [-0.05, 0) is 25.8 Å². The van der Waals surface area contributed by atoms with Crippen LogP contribution in [-0.4, -0.2) is 56.3 Å². The minimum absolute atomic E-state index is 0.0369. The first kappa shape index (κ1) is 19.3. The first-order valence-corrected chi connectivity index (χ1v) is 8.79. The van der Waals surface area contributed by atoms with Gasteiger partial charge in [-0.2, -0.15) is 5.10 Å². The minimum atomic E-state index is -1.00. The zero-order valence-electron chi connectivity index (χ0n) is 15.3. The molecule has 10 nitrogen and oxygen atoms in total. The number of hydrogen-bond donors (Lipinski definition) is 1. The number of carbonyl (C=O) groups is 2. The number of carbonyl (C=O) groups excluding carboxylic acids is 1. The summed E-state index contributed by atoms with van der Waals surface area (Å²) in [6.07, 6.45) is 2.66. The number of nitro groups is 1. The summed E-state index contributed by atoms with van der Waals surface area (Å²) >= 11 is 0. The van der Waals surface area contributed by atoms with Crippen LogP contribution in [0.15, 0.2) is 30.5 Å². The van der Waals surface area contributed by atoms with Crippen molar-refractivity contribution < 1.29 is 24.4 Å². The molecule has 1 aromatic heterocycles. The Morgan fingerprint density at radius 2 is 2.07 bits per heavy atom. The fourth-order valence-electron chi connectivity index (χ4n) is 3.28. The number of aromatic nitrogens is 2. The fraction of sp³-hybridized carbons (Fsp3) is 0.389. The minimum Gasteiger partial charge on any atom is -0.484 e. The molecule has 2 heterocycles. The molecule has 1 aliphatic rings. The van der Waals surface area contributed by atoms with Gasteiger partial charge in [0.15, 0.2) is 6.61 Å². The lowest BCUT2D eigenvalue weighted by atomic mass is 10.0. The smallest absolute Gasteiger partial charge is 0.339 e. The molecule has 148 valence electrons. The van der Waals surface area contributed by atoms with Crippen molar-refractivity contribution in [3.63, 3.8) is 0 Å². The summed E-state index contributed by atoms with van der Waals surface area (Å²) in [5.41, 5.74) is 0.691. The summed E-state index contributed by atoms with van der Waals surface area (Å²) in [5.74, 6) is -0.936. The van der Waals surface area contributed by atoms with Crippen LogP contribution >= 0.6 is 0 Å². The van der Waals surface area contributed by atoms with Gasteiger partial charge in [-0.25, -0.2) is 4.79 Å². The molecule has 0 bridgehead atoms. The molecule has 1 N–H and O–H groups in total. The standard InChI is InChI=1S/C18H20N4O6/c1-12-16(18(24)25)10-19-21(12)13-5-7-20(8-6-13)17(23)11-28-15-4-2-3-14(9-15)22(26)27/h2-4,9-10,13H,5-8,11H2,1H3,(H,24,25). The number of non-ortho nitro benzene ring substituents is 1. The molecule has 1 saturated heterocycles. The summed E-state index contributed by atoms with van der Waals surface area (Å²) < 4.78 is 7.11. The van der Waals surface area contributed by atoms with Gasteiger partial charge in [-0.1, -0.05) is 6.07 Å². The number of piperidine rings is 1. The normalized spacial score (nSPS) is 14.7. The Morgan fingerprint density at radius 1 is 1.36 bits per heavy atom. The summed E-state index contributed by atoms with van der Waals surface area (Å²) in [5, 5.41) is 24.1. The van der Waals surface area contributed by atoms with Crippen LogP contribution in [0.4, 0.5) is 5.69 Å². The van der Waals surface area contributed by atoms with E-state index in [1.807, 2.05) is 0 Å². The summed E-state index contributed by atoms with van der Waals surface area (Å²) in [6, 6.07) is 5.73. The largest absolute Gasteiger partial charge is 0.484 e. The number of rotatable bonds is 6. The van der Waals surface area contributed by atoms with E-state index in [9.17, 15) is 19.7 Å². The zero-order chi connectivity index (χ0) is 20.3. The highest BCUT2D eigenvalue weighted by molar-refractivity contribution is 5.88. The molecule has 0 spiro atoms. The predicted molar refractivity (Wildman–Crippen MR) is 97.4 cm³/mol. The van der Waals surface area contributed by atoms with E-state index in [4.69, 9.17) is 9.84 Å². The van der Waals surface area contributed by atoms with Crippen LogP contribution in [0.3, 0.4) is 0 Å². The van der Waals surface area contributed by atoms with Gasteiger partial charge in [0.05, 0.1) is 28.9 Å². The number of likely N-dealkylation sites (tertiary alicyclic amines) is 1. The Morgan fingerprint density at radius 3 is 2.68 bits per heavy atom. The van der Waals surface area contributed by atoms with Crippen molar-refractivity contribution in [2.45, 2.75) is 25.8 Å². The van der Waals surface area contributed by atoms with Crippen molar-refractivity contribution in [3.8, 4) is 5.75 Å². The Balaban J connectivity index is 1.53. The maximum atomic E-state index is 12.4. The van der Waals surface area contributed by atoms with E-state index >= 15 is 0 Å². The van der Waals surface area contributed by atoms with Gasteiger partial charge in [-0.3, -0.25) is 19.6 Å². The number of hydrogen-bond acceptors (Lipinski definition) is 6. The lowest BCUT2D eigenvalue weighted by Crippen LogP contribution is -2.41. The number of aromatic carboxylic acids is 1. The number of nitro benzene ring substituents is 1. The third-order valence-electron chi connectivity index (χ3n) is 4.83. The lowest BCUT2D eigenvalue weighted by Gasteiger charge is -2.32. The van der Waals surface area contributed by atoms with E-state index in [1.54, 1.807) is 22.6 Å². The molecule has 0 saturated carbocycles. The highest BCUT2D eigenvalue weighted by atomic mass is 16.6. The van der Waals surface area contributed by atoms with Crippen LogP contribution < -0.4 is 4.74 Å². The zero-order valence-corrected chi connectivity index (χ0v) is 15.3. The molecule has 0 aliphatic carbocycles. The molecule has 1 fully saturated rings. The number of nitrogens with zero attached hydrogens (tertiary/aromatic N) is 4. The van der Waals surface area contributed by atoms with Gasteiger partial charge in [0, 0.05) is 19.2 Å². The van der Waals surface area contributed by atoms with E-state index in [0.29, 0.717) is 31.6 Å². The van der Waals surface area contributed by atoms with Crippen molar-refractivity contribution >= 4 is 17.6 Å². The molecule has 28 heavy (non-hydrogen) atoms. The Kier molecular flexibility index (Phi) is 5.57. The first-order valence-electron chi connectivity index (χ1n) is 8.79. The molecule has 10 heteroatoms. The molecule has 2 aromatic rings. The molecule has 0 radical (unpaired) electrons. The van der Waals surface area contributed by atoms with Gasteiger partial charge >= 0.3 is 5.97 Å². The second kappa shape index (κ2) is 8.07. The van der Waals surface area contributed by atoms with Crippen LogP contribution in [0.1, 0.15) is 34.9 Å². The molecule has 3 rings (SSSR count). The lowest BCUT2D eigenvalue weighted by molar-refractivity contribution is -0.384. The second-order valence-corrected chi connectivity index (χ2v) is 6.55. The molecule has 1 aliphatic heterocycles. The highest BCUT2D eigenvalue weighted by Gasteiger charge is 2.26. The van der Waals surface area contributed by atoms with Crippen molar-refractivity contribution in [2.75, 3.05) is 19.7 Å². The number of ether oxygens (including phenoxy) is 1. The molecule has 0 unspecified atom stereocenters. The van der Waals surface area contributed by atoms with Crippen molar-refractivity contribution in [1.82, 2.24) is 14.7 Å².